The molecule has 0 saturated carbocycles. The quantitative estimate of drug-likeness (QED) is 0.307. The maximum atomic E-state index is 11.3. The first-order valence-corrected chi connectivity index (χ1v) is 6.06. The summed E-state index contributed by atoms with van der Waals surface area (Å²) in [5, 5.41) is 5.40. The van der Waals surface area contributed by atoms with Crippen molar-refractivity contribution in [3.8, 4) is 0 Å². The largest absolute Gasteiger partial charge is 0.440 e. The van der Waals surface area contributed by atoms with Gasteiger partial charge in [0.1, 0.15) is 5.69 Å². The van der Waals surface area contributed by atoms with Crippen molar-refractivity contribution >= 4 is 17.5 Å². The van der Waals surface area contributed by atoms with Crippen LogP contribution < -0.4 is 32.4 Å². The summed E-state index contributed by atoms with van der Waals surface area (Å²) in [6.07, 6.45) is 2.95. The van der Waals surface area contributed by atoms with Crippen molar-refractivity contribution in [2.75, 3.05) is 11.1 Å². The van der Waals surface area contributed by atoms with E-state index in [4.69, 9.17) is 11.5 Å². The van der Waals surface area contributed by atoms with Crippen molar-refractivity contribution in [1.29, 1.82) is 0 Å². The zero-order chi connectivity index (χ0) is 15.6. The highest BCUT2D eigenvalue weighted by molar-refractivity contribution is 5.99. The van der Waals surface area contributed by atoms with Crippen LogP contribution in [0.5, 0.6) is 0 Å². The Morgan fingerprint density at radius 3 is 2.62 bits per heavy atom. The molecule has 0 saturated heterocycles. The van der Waals surface area contributed by atoms with Gasteiger partial charge >= 0.3 is 5.69 Å². The Morgan fingerprint density at radius 2 is 2.00 bits per heavy atom. The predicted octanol–water partition coefficient (Wildman–Crippen LogP) is -2.02. The first kappa shape index (κ1) is 14.5. The van der Waals surface area contributed by atoms with Gasteiger partial charge in [-0.3, -0.25) is 10.5 Å². The molecule has 0 aromatic carbocycles. The molecule has 0 spiro atoms. The molecule has 3 heterocycles. The van der Waals surface area contributed by atoms with Gasteiger partial charge in [0, 0.05) is 6.07 Å². The van der Waals surface area contributed by atoms with E-state index in [2.05, 4.69) is 25.6 Å². The second-order valence-corrected chi connectivity index (χ2v) is 4.67. The third-order valence-corrected chi connectivity index (χ3v) is 2.77. The Balaban J connectivity index is 0.000000161. The average molecular weight is 293 g/mol. The molecule has 1 aliphatic heterocycles. The molecule has 1 unspecified atom stereocenters. The molecule has 10 nitrogen and oxygen atoms in total. The van der Waals surface area contributed by atoms with Crippen LogP contribution in [0.4, 0.5) is 11.6 Å². The van der Waals surface area contributed by atoms with Crippen molar-refractivity contribution in [3.63, 3.8) is 0 Å². The first-order valence-electron chi connectivity index (χ1n) is 6.06. The molecule has 0 bridgehead atoms. The van der Waals surface area contributed by atoms with E-state index < -0.39 is 5.79 Å². The standard InChI is InChI=1S/C6H9N5O.C5H7N3O/c1-6(7)10-4-3(5(12)11-6)8-2-9-4;1-8-4(6)2-3-7-5(8)9/h2,10H,7H2,1H3,(H,8,9)(H,11,12);2-3H,1H3,(H2,6,7,9)/p+1. The lowest BCUT2D eigenvalue weighted by Gasteiger charge is -2.31. The molecule has 0 radical (unpaired) electrons. The Morgan fingerprint density at radius 1 is 1.29 bits per heavy atom. The van der Waals surface area contributed by atoms with Gasteiger partial charge in [0.2, 0.25) is 5.82 Å². The predicted molar refractivity (Wildman–Crippen MR) is 74.9 cm³/mol. The summed E-state index contributed by atoms with van der Waals surface area (Å²) in [5.74, 6) is -0.215. The highest BCUT2D eigenvalue weighted by atomic mass is 16.2. The number of nitrogen functional groups attached to an aromatic ring is 1. The minimum Gasteiger partial charge on any atom is -0.339 e. The Labute approximate surface area is 119 Å². The second-order valence-electron chi connectivity index (χ2n) is 4.67. The van der Waals surface area contributed by atoms with Crippen LogP contribution in [0.15, 0.2) is 23.4 Å². The van der Waals surface area contributed by atoms with Crippen LogP contribution in [-0.4, -0.2) is 26.6 Å². The maximum absolute atomic E-state index is 11.3. The molecule has 1 aliphatic rings. The van der Waals surface area contributed by atoms with Gasteiger partial charge in [-0.25, -0.2) is 19.3 Å². The molecule has 2 aromatic rings. The summed E-state index contributed by atoms with van der Waals surface area (Å²) < 4.78 is 1.33. The molecule has 10 heteroatoms. The Bertz CT molecular complexity index is 717. The van der Waals surface area contributed by atoms with Gasteiger partial charge in [0.05, 0.1) is 19.6 Å². The van der Waals surface area contributed by atoms with Crippen LogP contribution in [-0.2, 0) is 7.05 Å². The summed E-state index contributed by atoms with van der Waals surface area (Å²) in [5.41, 5.74) is 11.2. The van der Waals surface area contributed by atoms with Crippen molar-refractivity contribution in [1.82, 2.24) is 20.3 Å². The number of nitrogens with zero attached hydrogens (tertiary/aromatic N) is 2. The van der Waals surface area contributed by atoms with Crippen molar-refractivity contribution < 1.29 is 9.36 Å². The zero-order valence-electron chi connectivity index (χ0n) is 11.6. The summed E-state index contributed by atoms with van der Waals surface area (Å²) in [6, 6.07) is 1.63. The molecule has 21 heavy (non-hydrogen) atoms. The fourth-order valence-electron chi connectivity index (χ4n) is 1.66. The van der Waals surface area contributed by atoms with Gasteiger partial charge in [-0.05, 0) is 6.92 Å². The van der Waals surface area contributed by atoms with Crippen LogP contribution in [0.25, 0.3) is 0 Å². The van der Waals surface area contributed by atoms with E-state index in [1.807, 2.05) is 0 Å². The Kier molecular flexibility index (Phi) is 3.63. The molecular weight excluding hydrogens is 276 g/mol. The van der Waals surface area contributed by atoms with Gasteiger partial charge < -0.3 is 21.4 Å². The molecule has 0 aliphatic carbocycles. The lowest BCUT2D eigenvalue weighted by Crippen LogP contribution is -2.61. The van der Waals surface area contributed by atoms with Gasteiger partial charge in [-0.15, -0.1) is 0 Å². The smallest absolute Gasteiger partial charge is 0.339 e. The van der Waals surface area contributed by atoms with Gasteiger partial charge in [-0.1, -0.05) is 0 Å². The number of amides is 1. The minimum atomic E-state index is -0.917. The molecule has 8 N–H and O–H groups in total. The summed E-state index contributed by atoms with van der Waals surface area (Å²) in [7, 11) is 1.61. The number of nitrogens with two attached hydrogens (primary N) is 2. The number of nitrogens with one attached hydrogen (secondary N) is 4. The normalized spacial score (nSPS) is 19.7. The number of H-pyrrole nitrogens is 2. The molecule has 0 fully saturated rings. The number of fused-ring (bicyclic) bond motifs is 1. The lowest BCUT2D eigenvalue weighted by atomic mass is 10.2. The summed E-state index contributed by atoms with van der Waals surface area (Å²) in [4.78, 5) is 31.0. The Hall–Kier alpha value is -2.88. The van der Waals surface area contributed by atoms with Gasteiger partial charge in [0.25, 0.3) is 5.91 Å². The molecule has 2 aromatic heterocycles. The molecule has 1 amide bonds. The SMILES string of the molecule is CC1(N)NC(=O)c2[nH]cnc2N1.C[n+]1c(N)cc[nH]c1=O. The summed E-state index contributed by atoms with van der Waals surface area (Å²) in [6.45, 7) is 1.66. The summed E-state index contributed by atoms with van der Waals surface area (Å²) >= 11 is 0. The van der Waals surface area contributed by atoms with E-state index >= 15 is 0 Å². The highest BCUT2D eigenvalue weighted by Gasteiger charge is 2.31. The fraction of sp³-hybridized carbons (Fsp3) is 0.273. The van der Waals surface area contributed by atoms with Crippen LogP contribution in [0.3, 0.4) is 0 Å². The van der Waals surface area contributed by atoms with E-state index in [0.717, 1.165) is 0 Å². The number of aromatic amines is 2. The van der Waals surface area contributed by atoms with Crippen molar-refractivity contribution in [3.05, 3.63) is 34.8 Å². The van der Waals surface area contributed by atoms with E-state index in [1.54, 1.807) is 20.0 Å². The maximum Gasteiger partial charge on any atom is 0.440 e. The van der Waals surface area contributed by atoms with E-state index in [1.165, 1.54) is 17.1 Å². The van der Waals surface area contributed by atoms with Crippen molar-refractivity contribution in [2.45, 2.75) is 12.7 Å². The third kappa shape index (κ3) is 3.17. The molecule has 1 atom stereocenters. The van der Waals surface area contributed by atoms with E-state index in [-0.39, 0.29) is 11.6 Å². The highest BCUT2D eigenvalue weighted by Crippen LogP contribution is 2.17. The number of imidazole rings is 1. The lowest BCUT2D eigenvalue weighted by molar-refractivity contribution is -0.674. The van der Waals surface area contributed by atoms with Crippen LogP contribution in [0.1, 0.15) is 17.4 Å². The number of hydrogen-bond acceptors (Lipinski definition) is 6. The first-order chi connectivity index (χ1) is 9.80. The van der Waals surface area contributed by atoms with Crippen LogP contribution >= 0.6 is 0 Å². The monoisotopic (exact) mass is 293 g/mol. The van der Waals surface area contributed by atoms with Crippen molar-refractivity contribution in [2.24, 2.45) is 12.8 Å². The molecular formula is C11H17N8O2+. The number of carbonyl (C=O) groups excluding carboxylic acids is 1. The number of hydrogen-bond donors (Lipinski definition) is 6. The fourth-order valence-corrected chi connectivity index (χ4v) is 1.66. The topological polar surface area (TPSA) is 159 Å². The zero-order valence-corrected chi connectivity index (χ0v) is 11.6. The average Bonchev–Trinajstić information content (AvgIpc) is 2.83. The van der Waals surface area contributed by atoms with Gasteiger partial charge in [0.15, 0.2) is 11.6 Å². The van der Waals surface area contributed by atoms with Gasteiger partial charge in [-0.2, -0.15) is 0 Å². The number of rotatable bonds is 0. The van der Waals surface area contributed by atoms with E-state index in [0.29, 0.717) is 17.3 Å². The van der Waals surface area contributed by atoms with Crippen LogP contribution in [0, 0.1) is 0 Å². The van der Waals surface area contributed by atoms with Crippen LogP contribution in [0.2, 0.25) is 0 Å². The number of carbonyl (C=O) groups is 1. The number of anilines is 2. The molecule has 3 rings (SSSR count). The number of aromatic nitrogens is 4. The second kappa shape index (κ2) is 5.25. The third-order valence-electron chi connectivity index (χ3n) is 2.77. The minimum absolute atomic E-state index is 0.199. The molecule has 112 valence electrons. The van der Waals surface area contributed by atoms with E-state index in [9.17, 15) is 9.59 Å².